The van der Waals surface area contributed by atoms with Gasteiger partial charge < -0.3 is 14.8 Å². The number of halogens is 1. The fraction of sp³-hybridized carbons (Fsp3) is 0.533. The zero-order chi connectivity index (χ0) is 14.1. The molecule has 0 aliphatic carbocycles. The van der Waals surface area contributed by atoms with Crippen molar-refractivity contribution in [2.45, 2.75) is 37.4 Å². The van der Waals surface area contributed by atoms with Crippen molar-refractivity contribution in [1.29, 1.82) is 0 Å². The van der Waals surface area contributed by atoms with Gasteiger partial charge in [0.1, 0.15) is 12.4 Å². The van der Waals surface area contributed by atoms with Crippen molar-refractivity contribution >= 4 is 17.5 Å². The third-order valence-electron chi connectivity index (χ3n) is 3.80. The largest absolute Gasteiger partial charge is 0.491 e. The fourth-order valence-electron chi connectivity index (χ4n) is 2.71. The smallest absolute Gasteiger partial charge is 0.255 e. The van der Waals surface area contributed by atoms with Crippen molar-refractivity contribution < 1.29 is 14.3 Å². The quantitative estimate of drug-likeness (QED) is 0.853. The molecule has 2 heterocycles. The first-order valence-electron chi connectivity index (χ1n) is 6.99. The number of nitrogens with one attached hydrogen (secondary N) is 1. The molecule has 1 saturated heterocycles. The summed E-state index contributed by atoms with van der Waals surface area (Å²) in [6.45, 7) is 3.07. The van der Waals surface area contributed by atoms with E-state index in [0.717, 1.165) is 18.4 Å². The third kappa shape index (κ3) is 2.63. The molecule has 108 valence electrons. The van der Waals surface area contributed by atoms with E-state index in [2.05, 4.69) is 12.2 Å². The van der Waals surface area contributed by atoms with Gasteiger partial charge in [-0.05, 0) is 37.5 Å². The van der Waals surface area contributed by atoms with Crippen LogP contribution in [0.5, 0.6) is 5.75 Å². The molecule has 3 unspecified atom stereocenters. The number of hydrogen-bond acceptors (Lipinski definition) is 3. The minimum atomic E-state index is -0.235. The molecule has 1 amide bonds. The number of fused-ring (bicyclic) bond motifs is 1. The minimum absolute atomic E-state index is 0.0134. The molecule has 5 heteroatoms. The highest BCUT2D eigenvalue weighted by Crippen LogP contribution is 2.36. The molecule has 0 saturated carbocycles. The monoisotopic (exact) mass is 295 g/mol. The van der Waals surface area contributed by atoms with E-state index in [4.69, 9.17) is 21.1 Å². The average Bonchev–Trinajstić information content (AvgIpc) is 2.80. The number of alkyl halides is 1. The summed E-state index contributed by atoms with van der Waals surface area (Å²) in [6.07, 6.45) is 2.26. The number of rotatable bonds is 2. The Morgan fingerprint density at radius 3 is 3.00 bits per heavy atom. The average molecular weight is 296 g/mol. The van der Waals surface area contributed by atoms with Crippen LogP contribution in [-0.4, -0.2) is 31.3 Å². The molecule has 0 spiro atoms. The number of benzene rings is 1. The molecule has 4 nitrogen and oxygen atoms in total. The lowest BCUT2D eigenvalue weighted by atomic mass is 10.0. The van der Waals surface area contributed by atoms with Gasteiger partial charge in [-0.3, -0.25) is 4.79 Å². The molecule has 0 radical (unpaired) electrons. The first-order valence-corrected chi connectivity index (χ1v) is 7.43. The van der Waals surface area contributed by atoms with E-state index < -0.39 is 0 Å². The van der Waals surface area contributed by atoms with Crippen LogP contribution in [0.25, 0.3) is 0 Å². The molecule has 3 rings (SSSR count). The summed E-state index contributed by atoms with van der Waals surface area (Å²) in [5, 5.41) is 2.57. The van der Waals surface area contributed by atoms with E-state index in [0.29, 0.717) is 24.5 Å². The van der Waals surface area contributed by atoms with Crippen molar-refractivity contribution in [2.24, 2.45) is 0 Å². The Morgan fingerprint density at radius 2 is 2.25 bits per heavy atom. The van der Waals surface area contributed by atoms with Crippen LogP contribution in [0.3, 0.4) is 0 Å². The van der Waals surface area contributed by atoms with E-state index in [1.54, 1.807) is 0 Å². The van der Waals surface area contributed by atoms with Crippen LogP contribution in [0, 0.1) is 0 Å². The van der Waals surface area contributed by atoms with Crippen LogP contribution in [0.2, 0.25) is 0 Å². The second-order valence-corrected chi connectivity index (χ2v) is 5.79. The van der Waals surface area contributed by atoms with Crippen LogP contribution in [-0.2, 0) is 4.74 Å². The van der Waals surface area contributed by atoms with Crippen molar-refractivity contribution in [1.82, 2.24) is 5.32 Å². The Morgan fingerprint density at radius 1 is 1.40 bits per heavy atom. The van der Waals surface area contributed by atoms with E-state index in [1.165, 1.54) is 0 Å². The summed E-state index contributed by atoms with van der Waals surface area (Å²) >= 11 is 6.51. The lowest BCUT2D eigenvalue weighted by Gasteiger charge is -2.19. The maximum Gasteiger partial charge on any atom is 0.255 e. The van der Waals surface area contributed by atoms with E-state index in [-0.39, 0.29) is 23.5 Å². The van der Waals surface area contributed by atoms with Gasteiger partial charge in [-0.2, -0.15) is 0 Å². The maximum absolute atomic E-state index is 12.0. The molecular formula is C15H18ClNO3. The van der Waals surface area contributed by atoms with Gasteiger partial charge in [-0.1, -0.05) is 6.07 Å². The van der Waals surface area contributed by atoms with Crippen LogP contribution in [0.15, 0.2) is 18.2 Å². The summed E-state index contributed by atoms with van der Waals surface area (Å²) in [7, 11) is 0. The van der Waals surface area contributed by atoms with Gasteiger partial charge in [0, 0.05) is 0 Å². The molecule has 1 fully saturated rings. The SMILES string of the molecule is CC1CCC(C(Cl)c2ccc3c(c2)C(=O)NCCO3)O1. The second kappa shape index (κ2) is 5.62. The Labute approximate surface area is 123 Å². The van der Waals surface area contributed by atoms with Gasteiger partial charge in [-0.25, -0.2) is 0 Å². The zero-order valence-corrected chi connectivity index (χ0v) is 12.2. The van der Waals surface area contributed by atoms with Crippen LogP contribution >= 0.6 is 11.6 Å². The number of carbonyl (C=O) groups is 1. The Bertz CT molecular complexity index is 520. The lowest BCUT2D eigenvalue weighted by Crippen LogP contribution is -2.24. The molecule has 1 N–H and O–H groups in total. The predicted octanol–water partition coefficient (Wildman–Crippen LogP) is 2.66. The summed E-state index contributed by atoms with van der Waals surface area (Å²) in [5.41, 5.74) is 1.46. The van der Waals surface area contributed by atoms with Gasteiger partial charge in [0.2, 0.25) is 0 Å². The molecule has 2 aliphatic rings. The topological polar surface area (TPSA) is 47.6 Å². The summed E-state index contributed by atoms with van der Waals surface area (Å²) in [4.78, 5) is 12.0. The van der Waals surface area contributed by atoms with Crippen LogP contribution in [0.1, 0.15) is 41.1 Å². The minimum Gasteiger partial charge on any atom is -0.491 e. The highest BCUT2D eigenvalue weighted by Gasteiger charge is 2.30. The lowest BCUT2D eigenvalue weighted by molar-refractivity contribution is 0.0533. The molecule has 1 aromatic rings. The normalized spacial score (nSPS) is 27.2. The number of ether oxygens (including phenoxy) is 2. The highest BCUT2D eigenvalue weighted by atomic mass is 35.5. The molecular weight excluding hydrogens is 278 g/mol. The van der Waals surface area contributed by atoms with Crippen molar-refractivity contribution in [3.8, 4) is 5.75 Å². The first-order chi connectivity index (χ1) is 9.65. The van der Waals surface area contributed by atoms with E-state index in [9.17, 15) is 4.79 Å². The van der Waals surface area contributed by atoms with Gasteiger partial charge in [0.25, 0.3) is 5.91 Å². The first kappa shape index (κ1) is 13.7. The number of carbonyl (C=O) groups excluding carboxylic acids is 1. The maximum atomic E-state index is 12.0. The molecule has 1 aromatic carbocycles. The highest BCUT2D eigenvalue weighted by molar-refractivity contribution is 6.21. The van der Waals surface area contributed by atoms with Gasteiger partial charge in [-0.15, -0.1) is 11.6 Å². The third-order valence-corrected chi connectivity index (χ3v) is 4.34. The van der Waals surface area contributed by atoms with Crippen molar-refractivity contribution in [2.75, 3.05) is 13.2 Å². The molecule has 0 aromatic heterocycles. The summed E-state index contributed by atoms with van der Waals surface area (Å²) in [5.74, 6) is 0.511. The molecule has 3 atom stereocenters. The predicted molar refractivity (Wildman–Crippen MR) is 76.4 cm³/mol. The van der Waals surface area contributed by atoms with Gasteiger partial charge in [0.15, 0.2) is 0 Å². The molecule has 2 aliphatic heterocycles. The fourth-order valence-corrected chi connectivity index (χ4v) is 3.03. The second-order valence-electron chi connectivity index (χ2n) is 5.32. The summed E-state index contributed by atoms with van der Waals surface area (Å²) < 4.78 is 11.3. The van der Waals surface area contributed by atoms with Crippen LogP contribution < -0.4 is 10.1 Å². The number of amides is 1. The zero-order valence-electron chi connectivity index (χ0n) is 11.4. The van der Waals surface area contributed by atoms with Gasteiger partial charge >= 0.3 is 0 Å². The molecule has 0 bridgehead atoms. The standard InChI is InChI=1S/C15H18ClNO3/c1-9-2-4-13(20-9)14(16)10-3-5-12-11(8-10)15(18)17-6-7-19-12/h3,5,8-9,13-14H,2,4,6-7H2,1H3,(H,17,18). The Hall–Kier alpha value is -1.26. The summed E-state index contributed by atoms with van der Waals surface area (Å²) in [6, 6.07) is 5.56. The van der Waals surface area contributed by atoms with Crippen molar-refractivity contribution in [3.63, 3.8) is 0 Å². The number of hydrogen-bond donors (Lipinski definition) is 1. The van der Waals surface area contributed by atoms with Crippen LogP contribution in [0.4, 0.5) is 0 Å². The van der Waals surface area contributed by atoms with Gasteiger partial charge in [0.05, 0.1) is 29.7 Å². The van der Waals surface area contributed by atoms with E-state index in [1.807, 2.05) is 18.2 Å². The van der Waals surface area contributed by atoms with Crippen molar-refractivity contribution in [3.05, 3.63) is 29.3 Å². The Balaban J connectivity index is 1.86. The van der Waals surface area contributed by atoms with E-state index >= 15 is 0 Å². The Kier molecular flexibility index (Phi) is 3.85. The molecule has 20 heavy (non-hydrogen) atoms.